The smallest absolute Gasteiger partial charge is 0.310 e. The van der Waals surface area contributed by atoms with E-state index in [0.717, 1.165) is 26.2 Å². The number of benzene rings is 1. The van der Waals surface area contributed by atoms with Gasteiger partial charge < -0.3 is 15.0 Å². The van der Waals surface area contributed by atoms with Gasteiger partial charge in [-0.25, -0.2) is 0 Å². The number of halogens is 1. The third-order valence-electron chi connectivity index (χ3n) is 4.16. The second kappa shape index (κ2) is 6.93. The van der Waals surface area contributed by atoms with Gasteiger partial charge in [-0.3, -0.25) is 14.9 Å². The van der Waals surface area contributed by atoms with Gasteiger partial charge in [0.05, 0.1) is 4.92 Å². The molecule has 7 nitrogen and oxygen atoms in total. The van der Waals surface area contributed by atoms with E-state index in [1.165, 1.54) is 12.1 Å². The molecule has 0 aromatic heterocycles. The minimum atomic E-state index is -0.508. The molecule has 0 unspecified atom stereocenters. The second-order valence-electron chi connectivity index (χ2n) is 5.49. The lowest BCUT2D eigenvalue weighted by Gasteiger charge is -2.17. The molecule has 22 heavy (non-hydrogen) atoms. The Hall–Kier alpha value is -1.86. The van der Waals surface area contributed by atoms with E-state index in [2.05, 4.69) is 5.32 Å². The number of carbonyl (C=O) groups excluding carboxylic acids is 1. The number of amides is 1. The normalized spacial score (nSPS) is 22.8. The molecule has 8 heteroatoms. The molecule has 2 aliphatic rings. The van der Waals surface area contributed by atoms with Crippen LogP contribution in [0.15, 0.2) is 24.3 Å². The minimum absolute atomic E-state index is 0. The predicted molar refractivity (Wildman–Crippen MR) is 82.3 cm³/mol. The first-order chi connectivity index (χ1) is 10.1. The van der Waals surface area contributed by atoms with E-state index >= 15 is 0 Å². The molecule has 0 spiro atoms. The number of ether oxygens (including phenoxy) is 1. The first-order valence-electron chi connectivity index (χ1n) is 7.00. The molecule has 120 valence electrons. The Morgan fingerprint density at radius 1 is 1.32 bits per heavy atom. The molecule has 1 aromatic carbocycles. The van der Waals surface area contributed by atoms with E-state index in [-0.39, 0.29) is 36.4 Å². The molecule has 1 N–H and O–H groups in total. The SMILES string of the molecule is Cl.O=C(COc1ccccc1[N+](=O)[O-])N1C[C@H]2CNC[C@H]2C1. The third-order valence-corrected chi connectivity index (χ3v) is 4.16. The van der Waals surface area contributed by atoms with Crippen molar-refractivity contribution in [3.63, 3.8) is 0 Å². The zero-order valence-corrected chi connectivity index (χ0v) is 12.8. The van der Waals surface area contributed by atoms with Crippen LogP contribution in [-0.2, 0) is 4.79 Å². The zero-order valence-electron chi connectivity index (χ0n) is 11.9. The van der Waals surface area contributed by atoms with Crippen molar-refractivity contribution in [2.45, 2.75) is 0 Å². The highest BCUT2D eigenvalue weighted by Gasteiger charge is 2.38. The first-order valence-corrected chi connectivity index (χ1v) is 7.00. The van der Waals surface area contributed by atoms with Crippen LogP contribution >= 0.6 is 12.4 Å². The Labute approximate surface area is 134 Å². The van der Waals surface area contributed by atoms with Crippen molar-refractivity contribution in [2.24, 2.45) is 11.8 Å². The molecule has 2 atom stereocenters. The quantitative estimate of drug-likeness (QED) is 0.660. The van der Waals surface area contributed by atoms with E-state index in [4.69, 9.17) is 4.74 Å². The molecule has 3 rings (SSSR count). The highest BCUT2D eigenvalue weighted by molar-refractivity contribution is 5.85. The highest BCUT2D eigenvalue weighted by Crippen LogP contribution is 2.28. The number of likely N-dealkylation sites (tertiary alicyclic amines) is 1. The van der Waals surface area contributed by atoms with Gasteiger partial charge in [-0.05, 0) is 17.9 Å². The molecule has 2 heterocycles. The van der Waals surface area contributed by atoms with Crippen molar-refractivity contribution >= 4 is 24.0 Å². The van der Waals surface area contributed by atoms with Crippen LogP contribution in [0.25, 0.3) is 0 Å². The van der Waals surface area contributed by atoms with Gasteiger partial charge in [0, 0.05) is 32.2 Å². The summed E-state index contributed by atoms with van der Waals surface area (Å²) >= 11 is 0. The lowest BCUT2D eigenvalue weighted by Crippen LogP contribution is -2.35. The van der Waals surface area contributed by atoms with Crippen molar-refractivity contribution < 1.29 is 14.5 Å². The van der Waals surface area contributed by atoms with Gasteiger partial charge in [-0.1, -0.05) is 12.1 Å². The average Bonchev–Trinajstić information content (AvgIpc) is 3.06. The summed E-state index contributed by atoms with van der Waals surface area (Å²) in [6.07, 6.45) is 0. The van der Waals surface area contributed by atoms with Gasteiger partial charge in [0.15, 0.2) is 12.4 Å². The summed E-state index contributed by atoms with van der Waals surface area (Å²) in [6, 6.07) is 6.10. The minimum Gasteiger partial charge on any atom is -0.477 e. The lowest BCUT2D eigenvalue weighted by atomic mass is 10.0. The molecule has 0 aliphatic carbocycles. The number of carbonyl (C=O) groups is 1. The van der Waals surface area contributed by atoms with Crippen molar-refractivity contribution in [3.8, 4) is 5.75 Å². The van der Waals surface area contributed by atoms with Gasteiger partial charge in [0.2, 0.25) is 0 Å². The van der Waals surface area contributed by atoms with E-state index in [9.17, 15) is 14.9 Å². The highest BCUT2D eigenvalue weighted by atomic mass is 35.5. The summed E-state index contributed by atoms with van der Waals surface area (Å²) in [7, 11) is 0. The Kier molecular flexibility index (Phi) is 5.20. The average molecular weight is 328 g/mol. The molecule has 0 bridgehead atoms. The molecular weight excluding hydrogens is 310 g/mol. The van der Waals surface area contributed by atoms with Gasteiger partial charge in [-0.15, -0.1) is 12.4 Å². The zero-order chi connectivity index (χ0) is 14.8. The molecule has 0 radical (unpaired) electrons. The van der Waals surface area contributed by atoms with E-state index in [0.29, 0.717) is 11.8 Å². The third kappa shape index (κ3) is 3.31. The predicted octanol–water partition coefficient (Wildman–Crippen LogP) is 1.07. The lowest BCUT2D eigenvalue weighted by molar-refractivity contribution is -0.385. The molecule has 2 aliphatic heterocycles. The summed E-state index contributed by atoms with van der Waals surface area (Å²) in [6.45, 7) is 3.25. The molecule has 2 fully saturated rings. The number of hydrogen-bond donors (Lipinski definition) is 1. The Balaban J connectivity index is 0.00000176. The number of nitrogens with one attached hydrogen (secondary N) is 1. The number of rotatable bonds is 4. The second-order valence-corrected chi connectivity index (χ2v) is 5.49. The number of nitro benzene ring substituents is 1. The molecule has 1 aromatic rings. The standard InChI is InChI=1S/C14H17N3O4.ClH/c18-14(16-7-10-5-15-6-11(10)8-16)9-21-13-4-2-1-3-12(13)17(19)20;/h1-4,10-11,15H,5-9H2;1H/t10-,11+;. The Bertz CT molecular complexity index is 557. The molecule has 2 saturated heterocycles. The van der Waals surface area contributed by atoms with Crippen LogP contribution in [-0.4, -0.2) is 48.5 Å². The molecule has 0 saturated carbocycles. The number of para-hydroxylation sites is 2. The van der Waals surface area contributed by atoms with Gasteiger partial charge in [-0.2, -0.15) is 0 Å². The van der Waals surface area contributed by atoms with Crippen LogP contribution < -0.4 is 10.1 Å². The van der Waals surface area contributed by atoms with E-state index in [1.807, 2.05) is 0 Å². The molecular formula is C14H18ClN3O4. The van der Waals surface area contributed by atoms with Gasteiger partial charge >= 0.3 is 5.69 Å². The van der Waals surface area contributed by atoms with E-state index < -0.39 is 4.92 Å². The summed E-state index contributed by atoms with van der Waals surface area (Å²) in [5.74, 6) is 1.08. The summed E-state index contributed by atoms with van der Waals surface area (Å²) in [4.78, 5) is 24.3. The fourth-order valence-electron chi connectivity index (χ4n) is 3.02. The fraction of sp³-hybridized carbons (Fsp3) is 0.500. The van der Waals surface area contributed by atoms with Crippen molar-refractivity contribution in [2.75, 3.05) is 32.8 Å². The first kappa shape index (κ1) is 16.5. The topological polar surface area (TPSA) is 84.7 Å². The van der Waals surface area contributed by atoms with Crippen LogP contribution in [0.3, 0.4) is 0 Å². The van der Waals surface area contributed by atoms with E-state index in [1.54, 1.807) is 17.0 Å². The molecule has 1 amide bonds. The largest absolute Gasteiger partial charge is 0.477 e. The summed E-state index contributed by atoms with van der Waals surface area (Å²) in [5.41, 5.74) is -0.118. The monoisotopic (exact) mass is 327 g/mol. The van der Waals surface area contributed by atoms with Crippen LogP contribution in [0.1, 0.15) is 0 Å². The Morgan fingerprint density at radius 2 is 1.95 bits per heavy atom. The van der Waals surface area contributed by atoms with Crippen molar-refractivity contribution in [1.82, 2.24) is 10.2 Å². The van der Waals surface area contributed by atoms with Crippen LogP contribution in [0, 0.1) is 22.0 Å². The maximum atomic E-state index is 12.1. The number of nitrogens with zero attached hydrogens (tertiary/aromatic N) is 2. The number of hydrogen-bond acceptors (Lipinski definition) is 5. The maximum Gasteiger partial charge on any atom is 0.310 e. The van der Waals surface area contributed by atoms with Crippen molar-refractivity contribution in [3.05, 3.63) is 34.4 Å². The van der Waals surface area contributed by atoms with Crippen LogP contribution in [0.4, 0.5) is 5.69 Å². The maximum absolute atomic E-state index is 12.1. The number of nitro groups is 1. The van der Waals surface area contributed by atoms with Crippen molar-refractivity contribution in [1.29, 1.82) is 0 Å². The Morgan fingerprint density at radius 3 is 2.59 bits per heavy atom. The van der Waals surface area contributed by atoms with Crippen LogP contribution in [0.2, 0.25) is 0 Å². The summed E-state index contributed by atoms with van der Waals surface area (Å²) in [5, 5.41) is 14.2. The summed E-state index contributed by atoms with van der Waals surface area (Å²) < 4.78 is 5.35. The van der Waals surface area contributed by atoms with Gasteiger partial charge in [0.1, 0.15) is 0 Å². The number of fused-ring (bicyclic) bond motifs is 1. The fourth-order valence-corrected chi connectivity index (χ4v) is 3.02. The van der Waals surface area contributed by atoms with Crippen LogP contribution in [0.5, 0.6) is 5.75 Å². The van der Waals surface area contributed by atoms with Gasteiger partial charge in [0.25, 0.3) is 5.91 Å².